The van der Waals surface area contributed by atoms with Crippen LogP contribution in [0.1, 0.15) is 21.5 Å². The first kappa shape index (κ1) is 20.6. The Bertz CT molecular complexity index is 1010. The zero-order valence-corrected chi connectivity index (χ0v) is 16.9. The lowest BCUT2D eigenvalue weighted by Crippen LogP contribution is -2.18. The molecule has 0 aliphatic heterocycles. The highest BCUT2D eigenvalue weighted by atomic mass is 35.5. The summed E-state index contributed by atoms with van der Waals surface area (Å²) in [7, 11) is 0. The lowest BCUT2D eigenvalue weighted by Gasteiger charge is -2.03. The number of hydrogen-bond donors (Lipinski definition) is 1. The van der Waals surface area contributed by atoms with E-state index in [4.69, 9.17) is 23.2 Å². The maximum absolute atomic E-state index is 12.4. The Morgan fingerprint density at radius 1 is 0.759 bits per heavy atom. The fourth-order valence-electron chi connectivity index (χ4n) is 2.44. The Morgan fingerprint density at radius 2 is 1.31 bits per heavy atom. The third-order valence-electron chi connectivity index (χ3n) is 3.96. The Morgan fingerprint density at radius 3 is 1.83 bits per heavy atom. The van der Waals surface area contributed by atoms with Gasteiger partial charge in [-0.25, -0.2) is 5.43 Å². The lowest BCUT2D eigenvalue weighted by molar-refractivity contribution is 0.0955. The molecule has 3 aromatic carbocycles. The molecule has 0 bridgehead atoms. The van der Waals surface area contributed by atoms with Crippen LogP contribution >= 0.6 is 23.2 Å². The highest BCUT2D eigenvalue weighted by Gasteiger charge is 2.07. The molecule has 0 aromatic heterocycles. The number of nitrogens with one attached hydrogen (secondary N) is 1. The second-order valence-electron chi connectivity index (χ2n) is 6.09. The summed E-state index contributed by atoms with van der Waals surface area (Å²) in [5, 5.41) is 4.96. The van der Waals surface area contributed by atoms with Gasteiger partial charge < -0.3 is 0 Å². The maximum atomic E-state index is 12.4. The molecule has 3 aromatic rings. The molecule has 0 aliphatic rings. The van der Waals surface area contributed by atoms with Crippen molar-refractivity contribution in [2.24, 2.45) is 5.10 Å². The fourth-order valence-corrected chi connectivity index (χ4v) is 2.74. The number of benzene rings is 3. The summed E-state index contributed by atoms with van der Waals surface area (Å²) in [5.41, 5.74) is 5.59. The third kappa shape index (κ3) is 6.46. The van der Waals surface area contributed by atoms with Crippen molar-refractivity contribution >= 4 is 47.0 Å². The van der Waals surface area contributed by atoms with Crippen LogP contribution in [0.3, 0.4) is 0 Å². The van der Waals surface area contributed by atoms with Crippen LogP contribution in [0.15, 0.2) is 96.1 Å². The average Bonchev–Trinajstić information content (AvgIpc) is 2.76. The molecule has 0 aliphatic carbocycles. The number of carbonyl (C=O) groups excluding carboxylic acids is 1. The van der Waals surface area contributed by atoms with E-state index in [0.717, 1.165) is 11.1 Å². The van der Waals surface area contributed by atoms with Crippen LogP contribution in [0.2, 0.25) is 10.0 Å². The third-order valence-corrected chi connectivity index (χ3v) is 4.70. The first-order valence-corrected chi connectivity index (χ1v) is 9.67. The van der Waals surface area contributed by atoms with Crippen LogP contribution in [0, 0.1) is 0 Å². The number of allylic oxidation sites excluding steroid dienone is 2. The topological polar surface area (TPSA) is 41.5 Å². The van der Waals surface area contributed by atoms with Crippen LogP contribution in [0.25, 0.3) is 12.2 Å². The first-order valence-electron chi connectivity index (χ1n) is 8.91. The van der Waals surface area contributed by atoms with Gasteiger partial charge in [0, 0.05) is 5.56 Å². The van der Waals surface area contributed by atoms with Gasteiger partial charge in [0.05, 0.1) is 15.8 Å². The highest BCUT2D eigenvalue weighted by Crippen LogP contribution is 2.22. The van der Waals surface area contributed by atoms with E-state index in [0.29, 0.717) is 21.3 Å². The van der Waals surface area contributed by atoms with Crippen molar-refractivity contribution in [1.29, 1.82) is 0 Å². The highest BCUT2D eigenvalue weighted by molar-refractivity contribution is 6.42. The van der Waals surface area contributed by atoms with Crippen LogP contribution in [0.4, 0.5) is 0 Å². The summed E-state index contributed by atoms with van der Waals surface area (Å²) in [6, 6.07) is 24.4. The van der Waals surface area contributed by atoms with Gasteiger partial charge in [0.25, 0.3) is 5.91 Å². The number of hydrazone groups is 1. The minimum atomic E-state index is -0.373. The molecule has 1 N–H and O–H groups in total. The van der Waals surface area contributed by atoms with Crippen LogP contribution in [-0.4, -0.2) is 11.6 Å². The van der Waals surface area contributed by atoms with Crippen LogP contribution < -0.4 is 5.43 Å². The zero-order valence-electron chi connectivity index (χ0n) is 15.4. The Kier molecular flexibility index (Phi) is 7.40. The second-order valence-corrected chi connectivity index (χ2v) is 6.91. The summed E-state index contributed by atoms with van der Waals surface area (Å²) in [6.07, 6.45) is 7.53. The predicted molar refractivity (Wildman–Crippen MR) is 122 cm³/mol. The van der Waals surface area contributed by atoms with Crippen molar-refractivity contribution < 1.29 is 4.79 Å². The molecule has 3 rings (SSSR count). The molecule has 1 amide bonds. The van der Waals surface area contributed by atoms with Gasteiger partial charge in [-0.15, -0.1) is 0 Å². The minimum absolute atomic E-state index is 0.316. The zero-order chi connectivity index (χ0) is 20.5. The number of halogens is 2. The Labute approximate surface area is 180 Å². The van der Waals surface area contributed by atoms with Gasteiger partial charge in [-0.1, -0.05) is 96.0 Å². The van der Waals surface area contributed by atoms with Crippen molar-refractivity contribution in [3.63, 3.8) is 0 Å². The number of amides is 1. The Balaban J connectivity index is 1.80. The molecule has 0 unspecified atom stereocenters. The van der Waals surface area contributed by atoms with Gasteiger partial charge >= 0.3 is 0 Å². The van der Waals surface area contributed by atoms with Gasteiger partial charge in [0.15, 0.2) is 0 Å². The van der Waals surface area contributed by atoms with E-state index in [-0.39, 0.29) is 5.91 Å². The van der Waals surface area contributed by atoms with Crippen molar-refractivity contribution in [2.75, 3.05) is 0 Å². The van der Waals surface area contributed by atoms with Gasteiger partial charge in [-0.05, 0) is 41.5 Å². The SMILES string of the molecule is O=C(NN=C(/C=C/c1ccccc1)/C=C/c1ccccc1)c1ccc(Cl)c(Cl)c1. The standard InChI is InChI=1S/C24H18Cl2N2O/c25-22-16-13-20(17-23(22)26)24(29)28-27-21(14-11-18-7-3-1-4-8-18)15-12-19-9-5-2-6-10-19/h1-17H,(H,28,29)/b14-11+,15-12+. The van der Waals surface area contributed by atoms with E-state index < -0.39 is 0 Å². The van der Waals surface area contributed by atoms with E-state index in [1.807, 2.05) is 85.0 Å². The first-order chi connectivity index (χ1) is 14.1. The molecule has 0 saturated heterocycles. The number of nitrogens with zero attached hydrogens (tertiary/aromatic N) is 1. The molecule has 0 radical (unpaired) electrons. The van der Waals surface area contributed by atoms with Crippen molar-refractivity contribution in [2.45, 2.75) is 0 Å². The lowest BCUT2D eigenvalue weighted by atomic mass is 10.1. The minimum Gasteiger partial charge on any atom is -0.267 e. The number of carbonyl (C=O) groups is 1. The summed E-state index contributed by atoms with van der Waals surface area (Å²) < 4.78 is 0. The molecular weight excluding hydrogens is 403 g/mol. The summed E-state index contributed by atoms with van der Waals surface area (Å²) in [5.74, 6) is -0.373. The van der Waals surface area contributed by atoms with Crippen molar-refractivity contribution in [1.82, 2.24) is 5.43 Å². The smallest absolute Gasteiger partial charge is 0.267 e. The Hall–Kier alpha value is -3.14. The van der Waals surface area contributed by atoms with Gasteiger partial charge in [0.1, 0.15) is 0 Å². The molecule has 29 heavy (non-hydrogen) atoms. The van der Waals surface area contributed by atoms with E-state index in [9.17, 15) is 4.79 Å². The molecule has 0 heterocycles. The normalized spacial score (nSPS) is 11.0. The monoisotopic (exact) mass is 420 g/mol. The molecule has 0 fully saturated rings. The quantitative estimate of drug-likeness (QED) is 0.358. The van der Waals surface area contributed by atoms with E-state index >= 15 is 0 Å². The molecule has 0 atom stereocenters. The van der Waals surface area contributed by atoms with Crippen LogP contribution in [0.5, 0.6) is 0 Å². The molecule has 144 valence electrons. The summed E-state index contributed by atoms with van der Waals surface area (Å²) in [4.78, 5) is 12.4. The maximum Gasteiger partial charge on any atom is 0.271 e. The predicted octanol–water partition coefficient (Wildman–Crippen LogP) is 6.51. The molecular formula is C24H18Cl2N2O. The van der Waals surface area contributed by atoms with Gasteiger partial charge in [-0.2, -0.15) is 5.10 Å². The second kappa shape index (κ2) is 10.4. The molecule has 0 saturated carbocycles. The van der Waals surface area contributed by atoms with Gasteiger partial charge in [0.2, 0.25) is 0 Å². The van der Waals surface area contributed by atoms with E-state index in [1.165, 1.54) is 6.07 Å². The van der Waals surface area contributed by atoms with Crippen molar-refractivity contribution in [3.05, 3.63) is 118 Å². The molecule has 5 heteroatoms. The summed E-state index contributed by atoms with van der Waals surface area (Å²) >= 11 is 11.9. The van der Waals surface area contributed by atoms with Gasteiger partial charge in [-0.3, -0.25) is 4.79 Å². The number of rotatable bonds is 6. The molecule has 0 spiro atoms. The summed E-state index contributed by atoms with van der Waals surface area (Å²) in [6.45, 7) is 0. The van der Waals surface area contributed by atoms with E-state index in [1.54, 1.807) is 12.1 Å². The van der Waals surface area contributed by atoms with Crippen LogP contribution in [-0.2, 0) is 0 Å². The average molecular weight is 421 g/mol. The van der Waals surface area contributed by atoms with E-state index in [2.05, 4.69) is 10.5 Å². The van der Waals surface area contributed by atoms with Crippen molar-refractivity contribution in [3.8, 4) is 0 Å². The fraction of sp³-hybridized carbons (Fsp3) is 0. The molecule has 3 nitrogen and oxygen atoms in total. The number of hydrogen-bond acceptors (Lipinski definition) is 2. The largest absolute Gasteiger partial charge is 0.271 e.